The third-order valence-electron chi connectivity index (χ3n) is 3.61. The summed E-state index contributed by atoms with van der Waals surface area (Å²) in [6, 6.07) is 16.7. The van der Waals surface area contributed by atoms with E-state index in [4.69, 9.17) is 9.47 Å². The second kappa shape index (κ2) is 7.02. The molecule has 2 aromatic carbocycles. The molecule has 2 aromatic rings. The number of anilines is 1. The zero-order chi connectivity index (χ0) is 14.3. The molecule has 0 saturated carbocycles. The third-order valence-corrected chi connectivity index (χ3v) is 3.61. The Morgan fingerprint density at radius 2 is 1.67 bits per heavy atom. The Bertz CT molecular complexity index is 569. The van der Waals surface area contributed by atoms with Crippen molar-refractivity contribution in [1.82, 2.24) is 0 Å². The molecule has 21 heavy (non-hydrogen) atoms. The topological polar surface area (TPSA) is 30.5 Å². The summed E-state index contributed by atoms with van der Waals surface area (Å²) >= 11 is 0. The van der Waals surface area contributed by atoms with Crippen molar-refractivity contribution in [2.45, 2.75) is 19.3 Å². The molecular weight excluding hydrogens is 262 g/mol. The van der Waals surface area contributed by atoms with E-state index in [-0.39, 0.29) is 0 Å². The van der Waals surface area contributed by atoms with Crippen molar-refractivity contribution >= 4 is 5.69 Å². The predicted molar refractivity (Wildman–Crippen MR) is 85.3 cm³/mol. The molecule has 0 radical (unpaired) electrons. The van der Waals surface area contributed by atoms with Crippen LogP contribution in [0.2, 0.25) is 0 Å². The van der Waals surface area contributed by atoms with Crippen LogP contribution in [0.4, 0.5) is 5.69 Å². The van der Waals surface area contributed by atoms with Gasteiger partial charge >= 0.3 is 0 Å². The molecule has 1 aliphatic rings. The highest BCUT2D eigenvalue weighted by molar-refractivity contribution is 5.55. The lowest BCUT2D eigenvalue weighted by Crippen LogP contribution is -2.15. The first kappa shape index (κ1) is 13.8. The van der Waals surface area contributed by atoms with Crippen molar-refractivity contribution in [2.24, 2.45) is 0 Å². The van der Waals surface area contributed by atoms with Crippen molar-refractivity contribution < 1.29 is 9.47 Å². The fraction of sp³-hybridized carbons (Fsp3) is 0.333. The molecule has 0 bridgehead atoms. The van der Waals surface area contributed by atoms with Gasteiger partial charge in [-0.3, -0.25) is 0 Å². The quantitative estimate of drug-likeness (QED) is 0.816. The van der Waals surface area contributed by atoms with Crippen molar-refractivity contribution in [3.05, 3.63) is 54.1 Å². The van der Waals surface area contributed by atoms with Gasteiger partial charge in [0.15, 0.2) is 11.5 Å². The van der Waals surface area contributed by atoms with E-state index < -0.39 is 0 Å². The molecule has 0 aromatic heterocycles. The van der Waals surface area contributed by atoms with Crippen LogP contribution in [-0.2, 0) is 6.42 Å². The molecule has 0 aliphatic carbocycles. The molecule has 3 heteroatoms. The van der Waals surface area contributed by atoms with Crippen LogP contribution < -0.4 is 14.8 Å². The maximum atomic E-state index is 5.58. The molecular formula is C18H21NO2. The summed E-state index contributed by atoms with van der Waals surface area (Å²) in [6.07, 6.45) is 3.49. The monoisotopic (exact) mass is 283 g/mol. The number of unbranched alkanes of at least 4 members (excludes halogenated alkanes) is 1. The van der Waals surface area contributed by atoms with Gasteiger partial charge in [0.05, 0.1) is 0 Å². The normalized spacial score (nSPS) is 13.0. The Morgan fingerprint density at radius 3 is 2.52 bits per heavy atom. The molecule has 0 amide bonds. The maximum Gasteiger partial charge on any atom is 0.163 e. The number of fused-ring (bicyclic) bond motifs is 1. The maximum absolute atomic E-state index is 5.58. The molecule has 0 fully saturated rings. The van der Waals surface area contributed by atoms with Gasteiger partial charge in [-0.25, -0.2) is 0 Å². The molecule has 0 atom stereocenters. The van der Waals surface area contributed by atoms with Crippen molar-refractivity contribution in [2.75, 3.05) is 25.1 Å². The third kappa shape index (κ3) is 3.91. The summed E-state index contributed by atoms with van der Waals surface area (Å²) < 4.78 is 11.1. The van der Waals surface area contributed by atoms with Crippen LogP contribution in [0.3, 0.4) is 0 Å². The molecule has 110 valence electrons. The fourth-order valence-corrected chi connectivity index (χ4v) is 2.48. The van der Waals surface area contributed by atoms with Crippen LogP contribution in [0, 0.1) is 0 Å². The second-order valence-corrected chi connectivity index (χ2v) is 5.23. The van der Waals surface area contributed by atoms with Gasteiger partial charge in [0.25, 0.3) is 0 Å². The lowest BCUT2D eigenvalue weighted by molar-refractivity contribution is 0.171. The lowest BCUT2D eigenvalue weighted by Gasteiger charge is -2.19. The van der Waals surface area contributed by atoms with E-state index in [0.717, 1.165) is 36.6 Å². The number of hydrogen-bond acceptors (Lipinski definition) is 3. The van der Waals surface area contributed by atoms with E-state index in [2.05, 4.69) is 35.6 Å². The Kier molecular flexibility index (Phi) is 4.62. The molecule has 3 nitrogen and oxygen atoms in total. The van der Waals surface area contributed by atoms with E-state index >= 15 is 0 Å². The molecule has 1 aliphatic heterocycles. The minimum absolute atomic E-state index is 0.632. The van der Waals surface area contributed by atoms with Gasteiger partial charge in [-0.05, 0) is 37.0 Å². The first-order valence-electron chi connectivity index (χ1n) is 7.59. The van der Waals surface area contributed by atoms with Crippen molar-refractivity contribution in [1.29, 1.82) is 0 Å². The number of aryl methyl sites for hydroxylation is 1. The highest BCUT2D eigenvalue weighted by Gasteiger charge is 2.11. The van der Waals surface area contributed by atoms with Crippen LogP contribution in [0.1, 0.15) is 18.4 Å². The average molecular weight is 283 g/mol. The first-order chi connectivity index (χ1) is 10.4. The van der Waals surface area contributed by atoms with E-state index in [9.17, 15) is 0 Å². The van der Waals surface area contributed by atoms with E-state index in [1.807, 2.05) is 18.2 Å². The average Bonchev–Trinajstić information content (AvgIpc) is 2.55. The summed E-state index contributed by atoms with van der Waals surface area (Å²) in [5.41, 5.74) is 2.51. The molecule has 0 saturated heterocycles. The van der Waals surface area contributed by atoms with Crippen LogP contribution >= 0.6 is 0 Å². The summed E-state index contributed by atoms with van der Waals surface area (Å²) in [4.78, 5) is 0. The minimum Gasteiger partial charge on any atom is -0.486 e. The van der Waals surface area contributed by atoms with Crippen molar-refractivity contribution in [3.8, 4) is 11.5 Å². The number of hydrogen-bond donors (Lipinski definition) is 1. The van der Waals surface area contributed by atoms with Gasteiger partial charge in [-0.1, -0.05) is 30.3 Å². The van der Waals surface area contributed by atoms with Gasteiger partial charge < -0.3 is 14.8 Å². The van der Waals surface area contributed by atoms with Crippen LogP contribution in [0.15, 0.2) is 48.5 Å². The largest absolute Gasteiger partial charge is 0.486 e. The van der Waals surface area contributed by atoms with Crippen LogP contribution in [-0.4, -0.2) is 19.8 Å². The molecule has 1 heterocycles. The highest BCUT2D eigenvalue weighted by Crippen LogP contribution is 2.32. The number of rotatable bonds is 6. The minimum atomic E-state index is 0.632. The fourth-order valence-electron chi connectivity index (χ4n) is 2.48. The standard InChI is InChI=1S/C18H21NO2/c1-2-6-15(7-3-1)8-4-5-11-19-16-9-10-17-18(14-16)21-13-12-20-17/h1-3,6-7,9-10,14,19H,4-5,8,11-13H2. The Balaban J connectivity index is 1.41. The van der Waals surface area contributed by atoms with Gasteiger partial charge in [0.2, 0.25) is 0 Å². The van der Waals surface area contributed by atoms with E-state index in [1.165, 1.54) is 12.0 Å². The second-order valence-electron chi connectivity index (χ2n) is 5.23. The van der Waals surface area contributed by atoms with E-state index in [1.54, 1.807) is 0 Å². The number of nitrogens with one attached hydrogen (secondary N) is 1. The Hall–Kier alpha value is -2.16. The Morgan fingerprint density at radius 1 is 0.857 bits per heavy atom. The van der Waals surface area contributed by atoms with Crippen LogP contribution in [0.5, 0.6) is 11.5 Å². The van der Waals surface area contributed by atoms with Gasteiger partial charge in [0.1, 0.15) is 13.2 Å². The number of benzene rings is 2. The molecule has 1 N–H and O–H groups in total. The van der Waals surface area contributed by atoms with Gasteiger partial charge in [-0.2, -0.15) is 0 Å². The molecule has 0 spiro atoms. The number of ether oxygens (including phenoxy) is 2. The zero-order valence-corrected chi connectivity index (χ0v) is 12.2. The zero-order valence-electron chi connectivity index (χ0n) is 12.2. The SMILES string of the molecule is c1ccc(CCCCNc2ccc3c(c2)OCCO3)cc1. The summed E-state index contributed by atoms with van der Waals surface area (Å²) in [7, 11) is 0. The highest BCUT2D eigenvalue weighted by atomic mass is 16.6. The van der Waals surface area contributed by atoms with Gasteiger partial charge in [0, 0.05) is 18.3 Å². The predicted octanol–water partition coefficient (Wildman–Crippen LogP) is 3.89. The molecule has 0 unspecified atom stereocenters. The molecule has 3 rings (SSSR count). The van der Waals surface area contributed by atoms with Gasteiger partial charge in [-0.15, -0.1) is 0 Å². The van der Waals surface area contributed by atoms with Crippen molar-refractivity contribution in [3.63, 3.8) is 0 Å². The van der Waals surface area contributed by atoms with Crippen LogP contribution in [0.25, 0.3) is 0 Å². The Labute approximate surface area is 125 Å². The summed E-state index contributed by atoms with van der Waals surface area (Å²) in [5, 5.41) is 3.45. The smallest absolute Gasteiger partial charge is 0.163 e. The first-order valence-corrected chi connectivity index (χ1v) is 7.59. The summed E-state index contributed by atoms with van der Waals surface area (Å²) in [5.74, 6) is 1.69. The van der Waals surface area contributed by atoms with E-state index in [0.29, 0.717) is 13.2 Å². The lowest BCUT2D eigenvalue weighted by atomic mass is 10.1. The summed E-state index contributed by atoms with van der Waals surface area (Å²) in [6.45, 7) is 2.25.